The number of aryl methyl sites for hydroxylation is 2. The number of aromatic nitrogens is 1. The summed E-state index contributed by atoms with van der Waals surface area (Å²) in [7, 11) is 2.62. The van der Waals surface area contributed by atoms with E-state index in [0.717, 1.165) is 22.3 Å². The van der Waals surface area contributed by atoms with E-state index < -0.39 is 11.9 Å². The molecular formula is C22H21NO4. The molecule has 0 unspecified atom stereocenters. The van der Waals surface area contributed by atoms with Gasteiger partial charge in [0.05, 0.1) is 14.2 Å². The summed E-state index contributed by atoms with van der Waals surface area (Å²) in [6.45, 7) is 3.98. The van der Waals surface area contributed by atoms with Gasteiger partial charge in [-0.1, -0.05) is 59.7 Å². The summed E-state index contributed by atoms with van der Waals surface area (Å²) >= 11 is 0. The summed E-state index contributed by atoms with van der Waals surface area (Å²) in [5, 5.41) is 0. The highest BCUT2D eigenvalue weighted by molar-refractivity contribution is 6.08. The molecule has 138 valence electrons. The monoisotopic (exact) mass is 363 g/mol. The smallest absolute Gasteiger partial charge is 0.355 e. The van der Waals surface area contributed by atoms with Crippen LogP contribution in [0.25, 0.3) is 22.3 Å². The predicted octanol–water partition coefficient (Wildman–Crippen LogP) is 4.54. The topological polar surface area (TPSA) is 68.4 Å². The number of hydrogen-bond acceptors (Lipinski definition) is 4. The molecule has 0 amide bonds. The lowest BCUT2D eigenvalue weighted by Gasteiger charge is -2.09. The standard InChI is InChI=1S/C22H21NO4/c1-13-5-9-15(10-6-13)17-18(16-11-7-14(2)8-12-16)20(22(25)27-4)23-19(17)21(24)26-3/h5-12,23H,1-4H3. The molecule has 0 fully saturated rings. The van der Waals surface area contributed by atoms with Gasteiger partial charge in [0.15, 0.2) is 0 Å². The largest absolute Gasteiger partial charge is 0.464 e. The van der Waals surface area contributed by atoms with Crippen molar-refractivity contribution in [1.29, 1.82) is 0 Å². The van der Waals surface area contributed by atoms with E-state index in [2.05, 4.69) is 4.98 Å². The maximum absolute atomic E-state index is 12.4. The number of benzene rings is 2. The van der Waals surface area contributed by atoms with Gasteiger partial charge in [-0.15, -0.1) is 0 Å². The average Bonchev–Trinajstić information content (AvgIpc) is 3.08. The van der Waals surface area contributed by atoms with E-state index in [-0.39, 0.29) is 11.4 Å². The summed E-state index contributed by atoms with van der Waals surface area (Å²) in [4.78, 5) is 27.8. The molecular weight excluding hydrogens is 342 g/mol. The lowest BCUT2D eigenvalue weighted by Crippen LogP contribution is -2.06. The number of aromatic amines is 1. The number of methoxy groups -OCH3 is 2. The Kier molecular flexibility index (Phi) is 5.12. The van der Waals surface area contributed by atoms with Crippen molar-refractivity contribution < 1.29 is 19.1 Å². The van der Waals surface area contributed by atoms with Crippen LogP contribution < -0.4 is 0 Å². The van der Waals surface area contributed by atoms with Crippen molar-refractivity contribution in [3.63, 3.8) is 0 Å². The molecule has 3 rings (SSSR count). The molecule has 0 saturated heterocycles. The Morgan fingerprint density at radius 1 is 0.667 bits per heavy atom. The zero-order valence-corrected chi connectivity index (χ0v) is 15.8. The summed E-state index contributed by atoms with van der Waals surface area (Å²) in [6.07, 6.45) is 0. The van der Waals surface area contributed by atoms with Gasteiger partial charge in [-0.3, -0.25) is 0 Å². The van der Waals surface area contributed by atoms with Crippen molar-refractivity contribution in [2.75, 3.05) is 14.2 Å². The van der Waals surface area contributed by atoms with Crippen molar-refractivity contribution >= 4 is 11.9 Å². The van der Waals surface area contributed by atoms with Crippen LogP contribution in [0.5, 0.6) is 0 Å². The van der Waals surface area contributed by atoms with Crippen LogP contribution >= 0.6 is 0 Å². The number of carbonyl (C=O) groups is 2. The molecule has 5 heteroatoms. The second kappa shape index (κ2) is 7.50. The van der Waals surface area contributed by atoms with Gasteiger partial charge >= 0.3 is 11.9 Å². The van der Waals surface area contributed by atoms with E-state index in [1.54, 1.807) is 0 Å². The van der Waals surface area contributed by atoms with Crippen LogP contribution in [-0.2, 0) is 9.47 Å². The molecule has 3 aromatic rings. The predicted molar refractivity (Wildman–Crippen MR) is 104 cm³/mol. The number of esters is 2. The minimum Gasteiger partial charge on any atom is -0.464 e. The van der Waals surface area contributed by atoms with Gasteiger partial charge in [0, 0.05) is 11.1 Å². The van der Waals surface area contributed by atoms with Gasteiger partial charge in [0.1, 0.15) is 11.4 Å². The molecule has 0 aliphatic rings. The summed E-state index contributed by atoms with van der Waals surface area (Å²) in [5.74, 6) is -1.09. The Labute approximate surface area is 157 Å². The lowest BCUT2D eigenvalue weighted by molar-refractivity contribution is 0.0591. The van der Waals surface area contributed by atoms with Gasteiger partial charge in [0.2, 0.25) is 0 Å². The van der Waals surface area contributed by atoms with Gasteiger partial charge in [-0.25, -0.2) is 9.59 Å². The molecule has 0 saturated carbocycles. The Morgan fingerprint density at radius 3 is 1.30 bits per heavy atom. The first-order valence-electron chi connectivity index (χ1n) is 8.53. The van der Waals surface area contributed by atoms with E-state index in [4.69, 9.17) is 9.47 Å². The van der Waals surface area contributed by atoms with Crippen LogP contribution in [0.1, 0.15) is 32.1 Å². The molecule has 0 radical (unpaired) electrons. The van der Waals surface area contributed by atoms with Crippen LogP contribution in [0, 0.1) is 13.8 Å². The summed E-state index contributed by atoms with van der Waals surface area (Å²) in [6, 6.07) is 15.5. The average molecular weight is 363 g/mol. The van der Waals surface area contributed by atoms with Crippen LogP contribution in [0.4, 0.5) is 0 Å². The van der Waals surface area contributed by atoms with E-state index in [1.165, 1.54) is 14.2 Å². The van der Waals surface area contributed by atoms with Gasteiger partial charge in [-0.05, 0) is 25.0 Å². The number of H-pyrrole nitrogens is 1. The van der Waals surface area contributed by atoms with Gasteiger partial charge in [0.25, 0.3) is 0 Å². The van der Waals surface area contributed by atoms with Gasteiger partial charge < -0.3 is 14.5 Å². The first-order valence-corrected chi connectivity index (χ1v) is 8.53. The highest BCUT2D eigenvalue weighted by Gasteiger charge is 2.28. The molecule has 2 aromatic carbocycles. The normalized spacial score (nSPS) is 10.5. The van der Waals surface area contributed by atoms with Crippen molar-refractivity contribution in [3.8, 4) is 22.3 Å². The quantitative estimate of drug-likeness (QED) is 0.691. The molecule has 1 heterocycles. The molecule has 0 spiro atoms. The molecule has 0 bridgehead atoms. The molecule has 0 aliphatic heterocycles. The molecule has 0 aliphatic carbocycles. The number of nitrogens with one attached hydrogen (secondary N) is 1. The van der Waals surface area contributed by atoms with E-state index in [0.29, 0.717) is 11.1 Å². The summed E-state index contributed by atoms with van der Waals surface area (Å²) < 4.78 is 9.87. The first kappa shape index (κ1) is 18.5. The SMILES string of the molecule is COC(=O)c1[nH]c(C(=O)OC)c(-c2ccc(C)cc2)c1-c1ccc(C)cc1. The minimum absolute atomic E-state index is 0.220. The highest BCUT2D eigenvalue weighted by atomic mass is 16.5. The Balaban J connectivity index is 2.37. The third-order valence-corrected chi connectivity index (χ3v) is 4.46. The van der Waals surface area contributed by atoms with Crippen molar-refractivity contribution in [2.24, 2.45) is 0 Å². The minimum atomic E-state index is -0.547. The molecule has 5 nitrogen and oxygen atoms in total. The zero-order valence-electron chi connectivity index (χ0n) is 15.8. The van der Waals surface area contributed by atoms with Crippen molar-refractivity contribution in [1.82, 2.24) is 4.98 Å². The van der Waals surface area contributed by atoms with E-state index in [1.807, 2.05) is 62.4 Å². The Morgan fingerprint density at radius 2 is 1.00 bits per heavy atom. The van der Waals surface area contributed by atoms with Crippen LogP contribution in [0.15, 0.2) is 48.5 Å². The fourth-order valence-corrected chi connectivity index (χ4v) is 3.03. The third-order valence-electron chi connectivity index (χ3n) is 4.46. The van der Waals surface area contributed by atoms with Gasteiger partial charge in [-0.2, -0.15) is 0 Å². The maximum Gasteiger partial charge on any atom is 0.355 e. The summed E-state index contributed by atoms with van der Waals surface area (Å²) in [5.41, 5.74) is 5.48. The lowest BCUT2D eigenvalue weighted by atomic mass is 9.93. The maximum atomic E-state index is 12.4. The zero-order chi connectivity index (χ0) is 19.6. The highest BCUT2D eigenvalue weighted by Crippen LogP contribution is 2.39. The molecule has 1 aromatic heterocycles. The second-order valence-electron chi connectivity index (χ2n) is 6.34. The van der Waals surface area contributed by atoms with Crippen molar-refractivity contribution in [2.45, 2.75) is 13.8 Å². The number of carbonyl (C=O) groups excluding carboxylic acids is 2. The number of hydrogen-bond donors (Lipinski definition) is 1. The number of ether oxygens (including phenoxy) is 2. The second-order valence-corrected chi connectivity index (χ2v) is 6.34. The van der Waals surface area contributed by atoms with E-state index in [9.17, 15) is 9.59 Å². The van der Waals surface area contributed by atoms with Crippen LogP contribution in [0.3, 0.4) is 0 Å². The fourth-order valence-electron chi connectivity index (χ4n) is 3.03. The number of rotatable bonds is 4. The molecule has 0 atom stereocenters. The van der Waals surface area contributed by atoms with Crippen LogP contribution in [0.2, 0.25) is 0 Å². The first-order chi connectivity index (χ1) is 13.0. The fraction of sp³-hybridized carbons (Fsp3) is 0.182. The van der Waals surface area contributed by atoms with Crippen LogP contribution in [-0.4, -0.2) is 31.1 Å². The van der Waals surface area contributed by atoms with E-state index >= 15 is 0 Å². The van der Waals surface area contributed by atoms with Crippen molar-refractivity contribution in [3.05, 3.63) is 71.0 Å². The third kappa shape index (κ3) is 3.49. The Hall–Kier alpha value is -3.34. The Bertz CT molecular complexity index is 902. The molecule has 27 heavy (non-hydrogen) atoms. The molecule has 1 N–H and O–H groups in total.